The van der Waals surface area contributed by atoms with Crippen LogP contribution in [0.1, 0.15) is 5.56 Å². The lowest BCUT2D eigenvalue weighted by atomic mass is 10.2. The van der Waals surface area contributed by atoms with Gasteiger partial charge in [-0.15, -0.1) is 0 Å². The zero-order chi connectivity index (χ0) is 13.1. The summed E-state index contributed by atoms with van der Waals surface area (Å²) in [6.07, 6.45) is 3.26. The molecule has 0 radical (unpaired) electrons. The van der Waals surface area contributed by atoms with Gasteiger partial charge < -0.3 is 9.80 Å². The predicted molar refractivity (Wildman–Crippen MR) is 66.7 cm³/mol. The zero-order valence-corrected chi connectivity index (χ0v) is 10.5. The molecule has 1 fully saturated rings. The number of hydrazone groups is 1. The molecule has 8 heteroatoms. The molecule has 1 aromatic heterocycles. The first kappa shape index (κ1) is 12.6. The van der Waals surface area contributed by atoms with Crippen LogP contribution in [0.15, 0.2) is 23.6 Å². The molecule has 0 spiro atoms. The van der Waals surface area contributed by atoms with Crippen LogP contribution in [0.5, 0.6) is 0 Å². The van der Waals surface area contributed by atoms with Crippen molar-refractivity contribution in [1.82, 2.24) is 14.8 Å². The Hall–Kier alpha value is -1.89. The van der Waals surface area contributed by atoms with Crippen molar-refractivity contribution in [3.05, 3.63) is 39.2 Å². The van der Waals surface area contributed by atoms with Crippen LogP contribution < -0.4 is 0 Å². The summed E-state index contributed by atoms with van der Waals surface area (Å²) in [5.74, 6) is 0.347. The SMILES string of the molecule is CN1CCN(Cc2cnccc2Cl)/C1=N\[N+](=O)[O-]. The van der Waals surface area contributed by atoms with Crippen LogP contribution in [0.25, 0.3) is 0 Å². The molecule has 0 amide bonds. The number of nitro groups is 1. The summed E-state index contributed by atoms with van der Waals surface area (Å²) in [7, 11) is 1.77. The third kappa shape index (κ3) is 2.67. The molecule has 96 valence electrons. The van der Waals surface area contributed by atoms with E-state index in [1.807, 2.05) is 4.90 Å². The Morgan fingerprint density at radius 3 is 3.06 bits per heavy atom. The number of hydrogen-bond donors (Lipinski definition) is 0. The average molecular weight is 270 g/mol. The molecule has 7 nitrogen and oxygen atoms in total. The van der Waals surface area contributed by atoms with E-state index in [4.69, 9.17) is 11.6 Å². The Bertz CT molecular complexity index is 493. The molecule has 1 aliphatic rings. The van der Waals surface area contributed by atoms with Crippen LogP contribution >= 0.6 is 11.6 Å². The van der Waals surface area contributed by atoms with Gasteiger partial charge in [0.05, 0.1) is 0 Å². The van der Waals surface area contributed by atoms with Gasteiger partial charge in [-0.25, -0.2) is 10.1 Å². The highest BCUT2D eigenvalue weighted by Gasteiger charge is 2.27. The lowest BCUT2D eigenvalue weighted by Crippen LogP contribution is -2.32. The number of pyridine rings is 1. The van der Waals surface area contributed by atoms with Crippen molar-refractivity contribution in [1.29, 1.82) is 0 Å². The Morgan fingerprint density at radius 1 is 1.61 bits per heavy atom. The summed E-state index contributed by atoms with van der Waals surface area (Å²) < 4.78 is 0. The summed E-state index contributed by atoms with van der Waals surface area (Å²) >= 11 is 6.04. The van der Waals surface area contributed by atoms with Crippen molar-refractivity contribution < 1.29 is 5.03 Å². The van der Waals surface area contributed by atoms with Crippen LogP contribution in [0.4, 0.5) is 0 Å². The number of nitrogens with zero attached hydrogens (tertiary/aromatic N) is 5. The maximum absolute atomic E-state index is 10.5. The summed E-state index contributed by atoms with van der Waals surface area (Å²) in [4.78, 5) is 18.0. The van der Waals surface area contributed by atoms with Crippen LogP contribution in [-0.4, -0.2) is 45.9 Å². The standard InChI is InChI=1S/C10H12ClN5O2/c1-14-4-5-15(10(14)13-16(17)18)7-8-6-12-3-2-9(8)11/h2-3,6H,4-5,7H2,1H3/b13-10-. The highest BCUT2D eigenvalue weighted by molar-refractivity contribution is 6.31. The van der Waals surface area contributed by atoms with Gasteiger partial charge in [0.1, 0.15) is 5.10 Å². The molecular formula is C10H12ClN5O2. The largest absolute Gasteiger partial charge is 0.339 e. The van der Waals surface area contributed by atoms with E-state index in [9.17, 15) is 10.1 Å². The van der Waals surface area contributed by atoms with Crippen molar-refractivity contribution in [3.63, 3.8) is 0 Å². The van der Waals surface area contributed by atoms with E-state index >= 15 is 0 Å². The van der Waals surface area contributed by atoms with Crippen LogP contribution in [0.3, 0.4) is 0 Å². The Kier molecular flexibility index (Phi) is 3.61. The number of guanidine groups is 1. The molecule has 0 bridgehead atoms. The zero-order valence-electron chi connectivity index (χ0n) is 9.78. The Balaban J connectivity index is 2.19. The van der Waals surface area contributed by atoms with Gasteiger partial charge in [-0.3, -0.25) is 4.98 Å². The van der Waals surface area contributed by atoms with Crippen LogP contribution in [-0.2, 0) is 6.54 Å². The third-order valence-corrected chi connectivity index (χ3v) is 3.07. The van der Waals surface area contributed by atoms with Gasteiger partial charge in [0.25, 0.3) is 5.96 Å². The number of rotatable bonds is 3. The molecular weight excluding hydrogens is 258 g/mol. The van der Waals surface area contributed by atoms with E-state index in [-0.39, 0.29) is 0 Å². The van der Waals surface area contributed by atoms with Crippen molar-refractivity contribution in [2.45, 2.75) is 6.54 Å². The minimum absolute atomic E-state index is 0.347. The number of halogens is 1. The minimum Gasteiger partial charge on any atom is -0.339 e. The molecule has 1 aliphatic heterocycles. The van der Waals surface area contributed by atoms with Gasteiger partial charge >= 0.3 is 0 Å². The molecule has 1 saturated heterocycles. The molecule has 2 rings (SSSR count). The van der Waals surface area contributed by atoms with Gasteiger partial charge in [0.15, 0.2) is 5.03 Å². The topological polar surface area (TPSA) is 74.9 Å². The van der Waals surface area contributed by atoms with E-state index in [1.165, 1.54) is 0 Å². The first-order valence-electron chi connectivity index (χ1n) is 5.35. The highest BCUT2D eigenvalue weighted by atomic mass is 35.5. The molecule has 0 N–H and O–H groups in total. The van der Waals surface area contributed by atoms with Crippen LogP contribution in [0.2, 0.25) is 5.02 Å². The number of likely N-dealkylation sites (N-methyl/N-ethyl adjacent to an activating group) is 1. The highest BCUT2D eigenvalue weighted by Crippen LogP contribution is 2.18. The minimum atomic E-state index is -0.686. The summed E-state index contributed by atoms with van der Waals surface area (Å²) in [5, 5.41) is 13.8. The lowest BCUT2D eigenvalue weighted by molar-refractivity contribution is -0.486. The van der Waals surface area contributed by atoms with Gasteiger partial charge in [-0.05, 0) is 6.07 Å². The van der Waals surface area contributed by atoms with Crippen LogP contribution in [0, 0.1) is 10.1 Å². The van der Waals surface area contributed by atoms with Gasteiger partial charge in [-0.1, -0.05) is 11.6 Å². The first-order chi connectivity index (χ1) is 8.58. The second-order valence-electron chi connectivity index (χ2n) is 3.95. The molecule has 0 atom stereocenters. The normalized spacial score (nSPS) is 17.6. The van der Waals surface area contributed by atoms with E-state index in [0.717, 1.165) is 5.56 Å². The predicted octanol–water partition coefficient (Wildman–Crippen LogP) is 1.03. The molecule has 0 saturated carbocycles. The smallest absolute Gasteiger partial charge is 0.274 e. The molecule has 0 aromatic carbocycles. The Morgan fingerprint density at radius 2 is 2.39 bits per heavy atom. The van der Waals surface area contributed by atoms with E-state index < -0.39 is 5.03 Å². The fraction of sp³-hybridized carbons (Fsp3) is 0.400. The van der Waals surface area contributed by atoms with Gasteiger partial charge in [0, 0.05) is 49.7 Å². The van der Waals surface area contributed by atoms with E-state index in [0.29, 0.717) is 30.6 Å². The van der Waals surface area contributed by atoms with E-state index in [2.05, 4.69) is 10.1 Å². The Labute approximate surface area is 109 Å². The maximum atomic E-state index is 10.5. The first-order valence-corrected chi connectivity index (χ1v) is 5.73. The monoisotopic (exact) mass is 269 g/mol. The maximum Gasteiger partial charge on any atom is 0.274 e. The fourth-order valence-electron chi connectivity index (χ4n) is 1.81. The van der Waals surface area contributed by atoms with Gasteiger partial charge in [0.2, 0.25) is 0 Å². The summed E-state index contributed by atoms with van der Waals surface area (Å²) in [5.41, 5.74) is 0.825. The van der Waals surface area contributed by atoms with Crippen molar-refractivity contribution in [3.8, 4) is 0 Å². The van der Waals surface area contributed by atoms with Crippen molar-refractivity contribution in [2.75, 3.05) is 20.1 Å². The second kappa shape index (κ2) is 5.18. The quantitative estimate of drug-likeness (QED) is 0.605. The molecule has 1 aromatic rings. The summed E-state index contributed by atoms with van der Waals surface area (Å²) in [6.45, 7) is 1.84. The third-order valence-electron chi connectivity index (χ3n) is 2.71. The number of hydrogen-bond acceptors (Lipinski definition) is 3. The molecule has 0 aliphatic carbocycles. The molecule has 0 unspecified atom stereocenters. The number of aromatic nitrogens is 1. The second-order valence-corrected chi connectivity index (χ2v) is 4.36. The molecule has 18 heavy (non-hydrogen) atoms. The average Bonchev–Trinajstić information content (AvgIpc) is 2.64. The lowest BCUT2D eigenvalue weighted by Gasteiger charge is -2.18. The van der Waals surface area contributed by atoms with Crippen molar-refractivity contribution >= 4 is 17.6 Å². The summed E-state index contributed by atoms with van der Waals surface area (Å²) in [6, 6.07) is 1.70. The van der Waals surface area contributed by atoms with E-state index in [1.54, 1.807) is 30.4 Å². The fourth-order valence-corrected chi connectivity index (χ4v) is 1.97. The molecule has 2 heterocycles. The van der Waals surface area contributed by atoms with Gasteiger partial charge in [-0.2, -0.15) is 0 Å². The van der Waals surface area contributed by atoms with Crippen molar-refractivity contribution in [2.24, 2.45) is 5.10 Å².